The Hall–Kier alpha value is -2.12. The first-order chi connectivity index (χ1) is 9.90. The topological polar surface area (TPSA) is 0 Å². The first-order valence-electron chi connectivity index (χ1n) is 6.92. The van der Waals surface area contributed by atoms with Crippen molar-refractivity contribution < 1.29 is 0 Å². The molecule has 0 saturated carbocycles. The van der Waals surface area contributed by atoms with E-state index in [1.807, 2.05) is 11.3 Å². The molecule has 0 N–H and O–H groups in total. The summed E-state index contributed by atoms with van der Waals surface area (Å²) in [6, 6.07) is 22.3. The molecule has 0 bridgehead atoms. The molecule has 4 aromatic rings. The second kappa shape index (κ2) is 3.71. The quantitative estimate of drug-likeness (QED) is 0.343. The van der Waals surface area contributed by atoms with Crippen LogP contribution in [0.2, 0.25) is 0 Å². The molecule has 0 saturated heterocycles. The number of hydrogen-bond donors (Lipinski definition) is 0. The lowest BCUT2D eigenvalue weighted by molar-refractivity contribution is 1.27. The normalized spacial score (nSPS) is 12.8. The van der Waals surface area contributed by atoms with Crippen molar-refractivity contribution in [2.24, 2.45) is 0 Å². The van der Waals surface area contributed by atoms with Crippen LogP contribution in [0.4, 0.5) is 0 Å². The summed E-state index contributed by atoms with van der Waals surface area (Å²) in [5.74, 6) is 0. The maximum atomic E-state index is 2.41. The predicted molar refractivity (Wildman–Crippen MR) is 87.6 cm³/mol. The third kappa shape index (κ3) is 1.31. The second-order valence-corrected chi connectivity index (χ2v) is 6.52. The first-order valence-corrected chi connectivity index (χ1v) is 7.74. The third-order valence-electron chi connectivity index (χ3n) is 4.29. The Morgan fingerprint density at radius 2 is 1.50 bits per heavy atom. The molecule has 0 atom stereocenters. The maximum Gasteiger partial charge on any atom is 0.0361 e. The van der Waals surface area contributed by atoms with Gasteiger partial charge >= 0.3 is 0 Å². The lowest BCUT2D eigenvalue weighted by Gasteiger charge is -2.01. The summed E-state index contributed by atoms with van der Waals surface area (Å²) in [4.78, 5) is 0. The summed E-state index contributed by atoms with van der Waals surface area (Å²) >= 11 is 1.90. The second-order valence-electron chi connectivity index (χ2n) is 5.44. The molecule has 0 fully saturated rings. The molecule has 0 radical (unpaired) electrons. The van der Waals surface area contributed by atoms with E-state index in [4.69, 9.17) is 0 Å². The van der Waals surface area contributed by atoms with Gasteiger partial charge in [0.05, 0.1) is 0 Å². The Labute approximate surface area is 121 Å². The van der Waals surface area contributed by atoms with E-state index in [0.29, 0.717) is 0 Å². The zero-order valence-electron chi connectivity index (χ0n) is 10.9. The minimum Gasteiger partial charge on any atom is -0.135 e. The molecule has 20 heavy (non-hydrogen) atoms. The van der Waals surface area contributed by atoms with Crippen LogP contribution in [0.3, 0.4) is 0 Å². The predicted octanol–water partition coefficient (Wildman–Crippen LogP) is 5.63. The summed E-state index contributed by atoms with van der Waals surface area (Å²) < 4.78 is 2.79. The number of rotatable bonds is 0. The molecular formula is C19H12S. The molecule has 0 amide bonds. The van der Waals surface area contributed by atoms with Gasteiger partial charge in [-0.2, -0.15) is 0 Å². The van der Waals surface area contributed by atoms with E-state index in [0.717, 1.165) is 6.42 Å². The van der Waals surface area contributed by atoms with Gasteiger partial charge in [0.2, 0.25) is 0 Å². The van der Waals surface area contributed by atoms with Crippen molar-refractivity contribution in [1.82, 2.24) is 0 Å². The van der Waals surface area contributed by atoms with Crippen molar-refractivity contribution in [2.75, 3.05) is 0 Å². The summed E-state index contributed by atoms with van der Waals surface area (Å²) in [5, 5.41) is 2.81. The Morgan fingerprint density at radius 3 is 2.50 bits per heavy atom. The average molecular weight is 272 g/mol. The highest BCUT2D eigenvalue weighted by molar-refractivity contribution is 7.25. The Kier molecular flexibility index (Phi) is 1.97. The zero-order chi connectivity index (χ0) is 13.1. The van der Waals surface area contributed by atoms with Crippen molar-refractivity contribution in [3.8, 4) is 11.1 Å². The van der Waals surface area contributed by atoms with Gasteiger partial charge in [-0.05, 0) is 46.9 Å². The SMILES string of the molecule is c1ccc2c(c1)Cc1cc3c(cc1-2)sc1ccccc13. The molecule has 1 aromatic heterocycles. The minimum atomic E-state index is 1.08. The number of hydrogen-bond acceptors (Lipinski definition) is 1. The monoisotopic (exact) mass is 272 g/mol. The van der Waals surface area contributed by atoms with Gasteiger partial charge in [-0.1, -0.05) is 42.5 Å². The maximum absolute atomic E-state index is 2.41. The average Bonchev–Trinajstić information content (AvgIpc) is 3.02. The first kappa shape index (κ1) is 10.6. The van der Waals surface area contributed by atoms with E-state index in [-0.39, 0.29) is 0 Å². The zero-order valence-corrected chi connectivity index (χ0v) is 11.7. The number of benzene rings is 3. The van der Waals surface area contributed by atoms with Crippen LogP contribution in [0.5, 0.6) is 0 Å². The van der Waals surface area contributed by atoms with Crippen LogP contribution >= 0.6 is 11.3 Å². The Balaban J connectivity index is 1.90. The van der Waals surface area contributed by atoms with E-state index in [2.05, 4.69) is 60.7 Å². The third-order valence-corrected chi connectivity index (χ3v) is 5.42. The fourth-order valence-electron chi connectivity index (χ4n) is 3.36. The molecule has 1 heterocycles. The lowest BCUT2D eigenvalue weighted by atomic mass is 10.0. The van der Waals surface area contributed by atoms with Crippen molar-refractivity contribution >= 4 is 31.5 Å². The van der Waals surface area contributed by atoms with Gasteiger partial charge < -0.3 is 0 Å². The van der Waals surface area contributed by atoms with Gasteiger partial charge in [0, 0.05) is 20.2 Å². The fourth-order valence-corrected chi connectivity index (χ4v) is 4.48. The molecule has 0 spiro atoms. The Bertz CT molecular complexity index is 976. The van der Waals surface area contributed by atoms with Crippen LogP contribution in [0.1, 0.15) is 11.1 Å². The fraction of sp³-hybridized carbons (Fsp3) is 0.0526. The highest BCUT2D eigenvalue weighted by Crippen LogP contribution is 2.42. The van der Waals surface area contributed by atoms with Crippen LogP contribution in [-0.2, 0) is 6.42 Å². The molecular weight excluding hydrogens is 260 g/mol. The molecule has 0 nitrogen and oxygen atoms in total. The largest absolute Gasteiger partial charge is 0.135 e. The molecule has 3 aromatic carbocycles. The van der Waals surface area contributed by atoms with Gasteiger partial charge in [-0.25, -0.2) is 0 Å². The Morgan fingerprint density at radius 1 is 0.650 bits per heavy atom. The van der Waals surface area contributed by atoms with Gasteiger partial charge in [0.15, 0.2) is 0 Å². The highest BCUT2D eigenvalue weighted by Gasteiger charge is 2.19. The van der Waals surface area contributed by atoms with Crippen LogP contribution < -0.4 is 0 Å². The smallest absolute Gasteiger partial charge is 0.0361 e. The van der Waals surface area contributed by atoms with Gasteiger partial charge in [0.1, 0.15) is 0 Å². The summed E-state index contributed by atoms with van der Waals surface area (Å²) in [6.45, 7) is 0. The van der Waals surface area contributed by atoms with Crippen molar-refractivity contribution in [3.05, 3.63) is 71.8 Å². The standard InChI is InChI=1S/C19H12S/c1-2-6-14-12(5-1)9-13-10-17-15-7-3-4-8-18(15)20-19(17)11-16(13)14/h1-8,10-11H,9H2. The minimum absolute atomic E-state index is 1.08. The summed E-state index contributed by atoms with van der Waals surface area (Å²) in [6.07, 6.45) is 1.08. The summed E-state index contributed by atoms with van der Waals surface area (Å²) in [7, 11) is 0. The molecule has 5 rings (SSSR count). The molecule has 94 valence electrons. The van der Waals surface area contributed by atoms with Gasteiger partial charge in [0.25, 0.3) is 0 Å². The van der Waals surface area contributed by atoms with Crippen LogP contribution in [0.15, 0.2) is 60.7 Å². The number of fused-ring (bicyclic) bond motifs is 6. The van der Waals surface area contributed by atoms with Crippen molar-refractivity contribution in [2.45, 2.75) is 6.42 Å². The van der Waals surface area contributed by atoms with E-state index >= 15 is 0 Å². The van der Waals surface area contributed by atoms with Crippen LogP contribution in [-0.4, -0.2) is 0 Å². The molecule has 0 unspecified atom stereocenters. The molecule has 1 heteroatoms. The highest BCUT2D eigenvalue weighted by atomic mass is 32.1. The molecule has 0 aliphatic heterocycles. The van der Waals surface area contributed by atoms with E-state index < -0.39 is 0 Å². The van der Waals surface area contributed by atoms with E-state index in [1.54, 1.807) is 0 Å². The molecule has 1 aliphatic rings. The number of thiophene rings is 1. The summed E-state index contributed by atoms with van der Waals surface area (Å²) in [5.41, 5.74) is 5.79. The lowest BCUT2D eigenvalue weighted by Crippen LogP contribution is -1.79. The van der Waals surface area contributed by atoms with Gasteiger partial charge in [-0.15, -0.1) is 11.3 Å². The van der Waals surface area contributed by atoms with E-state index in [1.165, 1.54) is 42.4 Å². The van der Waals surface area contributed by atoms with Crippen molar-refractivity contribution in [1.29, 1.82) is 0 Å². The van der Waals surface area contributed by atoms with Gasteiger partial charge in [-0.3, -0.25) is 0 Å². The van der Waals surface area contributed by atoms with Crippen LogP contribution in [0, 0.1) is 0 Å². The van der Waals surface area contributed by atoms with E-state index in [9.17, 15) is 0 Å². The van der Waals surface area contributed by atoms with Crippen LogP contribution in [0.25, 0.3) is 31.3 Å². The molecule has 1 aliphatic carbocycles. The van der Waals surface area contributed by atoms with Crippen molar-refractivity contribution in [3.63, 3.8) is 0 Å².